The van der Waals surface area contributed by atoms with Crippen molar-refractivity contribution in [2.45, 2.75) is 27.5 Å². The van der Waals surface area contributed by atoms with E-state index in [-0.39, 0.29) is 11.3 Å². The number of nitrogens with two attached hydrogens (primary N) is 1. The van der Waals surface area contributed by atoms with Crippen molar-refractivity contribution >= 4 is 47.2 Å². The van der Waals surface area contributed by atoms with Crippen molar-refractivity contribution in [3.05, 3.63) is 82.8 Å². The number of benzene rings is 2. The van der Waals surface area contributed by atoms with Crippen molar-refractivity contribution in [1.29, 1.82) is 0 Å². The lowest BCUT2D eigenvalue weighted by Crippen LogP contribution is -2.79. The number of rotatable bonds is 8. The molecule has 12 heteroatoms. The van der Waals surface area contributed by atoms with Gasteiger partial charge in [-0.25, -0.2) is 9.48 Å². The molecule has 2 aliphatic heterocycles. The van der Waals surface area contributed by atoms with Crippen LogP contribution in [0.1, 0.15) is 17.2 Å². The maximum Gasteiger partial charge on any atom is 0.334 e. The zero-order chi connectivity index (χ0) is 25.3. The summed E-state index contributed by atoms with van der Waals surface area (Å²) in [7, 11) is 1.75. The normalized spacial score (nSPS) is 23.2. The molecule has 0 saturated carbocycles. The van der Waals surface area contributed by atoms with Crippen LogP contribution >= 0.6 is 35.3 Å². The second-order valence-electron chi connectivity index (χ2n) is 8.31. The number of carbonyl (C=O) groups excluding carboxylic acids is 2. The van der Waals surface area contributed by atoms with E-state index in [4.69, 9.17) is 10.5 Å². The largest absolute Gasteiger partial charge is 0.451 e. The Hall–Kier alpha value is -2.80. The van der Waals surface area contributed by atoms with Gasteiger partial charge in [0.15, 0.2) is 17.0 Å². The van der Waals surface area contributed by atoms with Crippen LogP contribution < -0.4 is 5.73 Å². The third-order valence-electron chi connectivity index (χ3n) is 6.11. The molecule has 9 nitrogen and oxygen atoms in total. The maximum absolute atomic E-state index is 13.9. The molecule has 3 heterocycles. The number of ether oxygens (including phenoxy) is 1. The van der Waals surface area contributed by atoms with Crippen LogP contribution in [0.2, 0.25) is 0 Å². The Labute approximate surface area is 221 Å². The van der Waals surface area contributed by atoms with Crippen molar-refractivity contribution < 1.29 is 14.3 Å². The van der Waals surface area contributed by atoms with Crippen LogP contribution in [0.15, 0.2) is 76.8 Å². The molecule has 3 aromatic rings. The van der Waals surface area contributed by atoms with E-state index in [9.17, 15) is 9.59 Å². The lowest BCUT2D eigenvalue weighted by atomic mass is 9.98. The monoisotopic (exact) mass is 540 g/mol. The number of fused-ring (bicyclic) bond motifs is 1. The van der Waals surface area contributed by atoms with Gasteiger partial charge in [0.05, 0.1) is 0 Å². The molecular formula is C24H24N6O3S3. The smallest absolute Gasteiger partial charge is 0.334 e. The summed E-state index contributed by atoms with van der Waals surface area (Å²) in [5.41, 5.74) is 8.83. The third kappa shape index (κ3) is 4.42. The first-order valence-electron chi connectivity index (χ1n) is 11.1. The lowest BCUT2D eigenvalue weighted by Gasteiger charge is -2.56. The number of β-lactam (4-membered cyclic amide) rings is 1. The van der Waals surface area contributed by atoms with Gasteiger partial charge >= 0.3 is 5.97 Å². The van der Waals surface area contributed by atoms with Gasteiger partial charge in [-0.15, -0.1) is 28.6 Å². The molecule has 2 N–H and O–H groups in total. The average Bonchev–Trinajstić information content (AvgIpc) is 3.34. The van der Waals surface area contributed by atoms with E-state index in [1.165, 1.54) is 35.3 Å². The third-order valence-corrected chi connectivity index (χ3v) is 9.71. The summed E-state index contributed by atoms with van der Waals surface area (Å²) in [6, 6.07) is 18.3. The van der Waals surface area contributed by atoms with Crippen LogP contribution in [0.3, 0.4) is 0 Å². The van der Waals surface area contributed by atoms with Gasteiger partial charge in [0, 0.05) is 12.8 Å². The molecule has 0 aliphatic carbocycles. The highest BCUT2D eigenvalue weighted by Gasteiger charge is 2.63. The molecule has 1 amide bonds. The van der Waals surface area contributed by atoms with Gasteiger partial charge in [0.1, 0.15) is 5.37 Å². The van der Waals surface area contributed by atoms with Crippen LogP contribution in [-0.2, 0) is 21.4 Å². The Bertz CT molecular complexity index is 1250. The molecule has 2 aliphatic rings. The molecule has 5 rings (SSSR count). The van der Waals surface area contributed by atoms with Gasteiger partial charge in [-0.3, -0.25) is 4.79 Å². The molecule has 0 radical (unpaired) electrons. The summed E-state index contributed by atoms with van der Waals surface area (Å²) in [6.07, 6.45) is 1.18. The predicted molar refractivity (Wildman–Crippen MR) is 141 cm³/mol. The van der Waals surface area contributed by atoms with Crippen molar-refractivity contribution in [3.8, 4) is 0 Å². The van der Waals surface area contributed by atoms with E-state index in [1.807, 2.05) is 66.1 Å². The highest BCUT2D eigenvalue weighted by Crippen LogP contribution is 2.49. The Morgan fingerprint density at radius 2 is 1.81 bits per heavy atom. The minimum atomic E-state index is -1.08. The Morgan fingerprint density at radius 1 is 1.17 bits per heavy atom. The van der Waals surface area contributed by atoms with E-state index in [0.717, 1.165) is 16.7 Å². The fourth-order valence-electron chi connectivity index (χ4n) is 4.19. The topological polar surface area (TPSA) is 116 Å². The first-order chi connectivity index (χ1) is 17.4. The summed E-state index contributed by atoms with van der Waals surface area (Å²) in [6.45, 7) is 0. The number of hydrogen-bond donors (Lipinski definition) is 1. The van der Waals surface area contributed by atoms with Crippen LogP contribution in [0, 0.1) is 0 Å². The molecule has 1 aromatic heterocycles. The fourth-order valence-corrected chi connectivity index (χ4v) is 7.37. The summed E-state index contributed by atoms with van der Waals surface area (Å²) >= 11 is 4.13. The summed E-state index contributed by atoms with van der Waals surface area (Å²) in [5.74, 6) is -0.367. The molecule has 186 valence electrons. The maximum atomic E-state index is 13.9. The second kappa shape index (κ2) is 10.3. The molecule has 1 saturated heterocycles. The number of aryl methyl sites for hydroxylation is 1. The Morgan fingerprint density at radius 3 is 2.36 bits per heavy atom. The number of thioether (sulfide) groups is 3. The minimum Gasteiger partial charge on any atom is -0.451 e. The standard InChI is InChI=1S/C24H24N6O3S3/c1-29-23(26-27-28-29)36-14-17-13-35-22-24(25,34-2)21(32)30(22)18(17)20(31)33-19(15-9-5-3-6-10-15)16-11-7-4-8-12-16/h3-13,18-19,22H,14,25H2,1-2H3. The predicted octanol–water partition coefficient (Wildman–Crippen LogP) is 2.82. The zero-order valence-electron chi connectivity index (χ0n) is 19.6. The molecule has 0 bridgehead atoms. The molecule has 1 fully saturated rings. The Kier molecular flexibility index (Phi) is 7.11. The molecule has 3 atom stereocenters. The van der Waals surface area contributed by atoms with E-state index in [2.05, 4.69) is 15.5 Å². The van der Waals surface area contributed by atoms with Gasteiger partial charge in [0.2, 0.25) is 5.16 Å². The van der Waals surface area contributed by atoms with Crippen LogP contribution in [0.4, 0.5) is 0 Å². The quantitative estimate of drug-likeness (QED) is 0.198. The zero-order valence-corrected chi connectivity index (χ0v) is 22.0. The average molecular weight is 541 g/mol. The number of aromatic nitrogens is 4. The van der Waals surface area contributed by atoms with Gasteiger partial charge in [-0.1, -0.05) is 72.4 Å². The van der Waals surface area contributed by atoms with Crippen molar-refractivity contribution in [2.24, 2.45) is 12.8 Å². The summed E-state index contributed by atoms with van der Waals surface area (Å²) < 4.78 is 7.73. The van der Waals surface area contributed by atoms with Gasteiger partial charge in [0.25, 0.3) is 5.91 Å². The number of tetrazole rings is 1. The lowest BCUT2D eigenvalue weighted by molar-refractivity contribution is -0.165. The number of esters is 1. The van der Waals surface area contributed by atoms with Gasteiger partial charge < -0.3 is 15.4 Å². The van der Waals surface area contributed by atoms with Crippen molar-refractivity contribution in [1.82, 2.24) is 25.1 Å². The number of hydrogen-bond acceptors (Lipinski definition) is 10. The summed E-state index contributed by atoms with van der Waals surface area (Å²) in [5, 5.41) is 13.7. The Balaban J connectivity index is 1.46. The molecular weight excluding hydrogens is 517 g/mol. The van der Waals surface area contributed by atoms with E-state index >= 15 is 0 Å². The molecule has 3 unspecified atom stereocenters. The summed E-state index contributed by atoms with van der Waals surface area (Å²) in [4.78, 5) is 27.5. The number of carbonyl (C=O) groups is 2. The molecule has 36 heavy (non-hydrogen) atoms. The number of nitrogens with zero attached hydrogens (tertiary/aromatic N) is 5. The van der Waals surface area contributed by atoms with E-state index < -0.39 is 23.0 Å². The van der Waals surface area contributed by atoms with Crippen LogP contribution in [0.5, 0.6) is 0 Å². The minimum absolute atomic E-state index is 0.277. The first kappa shape index (κ1) is 24.9. The first-order valence-corrected chi connectivity index (χ1v) is 14.3. The molecule has 0 spiro atoms. The van der Waals surface area contributed by atoms with E-state index in [0.29, 0.717) is 10.9 Å². The molecule has 2 aromatic carbocycles. The van der Waals surface area contributed by atoms with Crippen molar-refractivity contribution in [2.75, 3.05) is 12.0 Å². The van der Waals surface area contributed by atoms with Crippen LogP contribution in [-0.4, -0.2) is 65.3 Å². The van der Waals surface area contributed by atoms with Gasteiger partial charge in [-0.2, -0.15) is 0 Å². The highest BCUT2D eigenvalue weighted by atomic mass is 32.2. The van der Waals surface area contributed by atoms with E-state index in [1.54, 1.807) is 22.9 Å². The number of amides is 1. The highest BCUT2D eigenvalue weighted by molar-refractivity contribution is 8.06. The van der Waals surface area contributed by atoms with Crippen LogP contribution in [0.25, 0.3) is 0 Å². The van der Waals surface area contributed by atoms with Crippen molar-refractivity contribution in [3.63, 3.8) is 0 Å². The van der Waals surface area contributed by atoms with Gasteiger partial charge in [-0.05, 0) is 38.8 Å². The fraction of sp³-hybridized carbons (Fsp3) is 0.292. The SMILES string of the molecule is CSC1(N)C(=O)N2C(C(=O)OC(c3ccccc3)c3ccccc3)C(CSc3nnnn3C)=CSC21. The second-order valence-corrected chi connectivity index (χ2v) is 11.3.